The zero-order chi connectivity index (χ0) is 26.2. The first-order chi connectivity index (χ1) is 13.6. The summed E-state index contributed by atoms with van der Waals surface area (Å²) in [5.41, 5.74) is -6.32. The van der Waals surface area contributed by atoms with Gasteiger partial charge in [0, 0.05) is 0 Å². The molecule has 0 bridgehead atoms. The molecule has 20 heteroatoms. The fourth-order valence-corrected chi connectivity index (χ4v) is 6.05. The Hall–Kier alpha value is 1.58. The first-order valence-electron chi connectivity index (χ1n) is 7.03. The van der Waals surface area contributed by atoms with Gasteiger partial charge in [0.15, 0.2) is 9.21 Å². The first-order valence-corrected chi connectivity index (χ1v) is 10.4. The van der Waals surface area contributed by atoms with Crippen LogP contribution in [0.25, 0.3) is 0 Å². The number of halogens is 20. The zero-order valence-corrected chi connectivity index (χ0v) is 20.4. The van der Waals surface area contributed by atoms with Crippen molar-refractivity contribution in [2.45, 2.75) is 53.2 Å². The minimum atomic E-state index is -7.07. The monoisotopic (exact) mass is 668 g/mol. The molecule has 2 atom stereocenters. The SMILES string of the molecule is FC1(F)C(Cl)(Cl)C(Cl)=C(Cl)C(F)(C2(Cl)C(F)(F)C(F)(F)C(F)(F)C(Cl)(Cl)C2(Cl)Cl)C1(F)F. The molecule has 2 rings (SSSR count). The van der Waals surface area contributed by atoms with Crippen LogP contribution in [0.5, 0.6) is 0 Å². The van der Waals surface area contributed by atoms with Gasteiger partial charge >= 0.3 is 29.6 Å². The first kappa shape index (κ1) is 29.8. The summed E-state index contributed by atoms with van der Waals surface area (Å²) in [5, 5.41) is -5.04. The maximum Gasteiger partial charge on any atom is 0.377 e. The Morgan fingerprint density at radius 2 is 0.781 bits per heavy atom. The van der Waals surface area contributed by atoms with Gasteiger partial charge in [-0.15, -0.1) is 11.6 Å². The van der Waals surface area contributed by atoms with Gasteiger partial charge in [0.05, 0.1) is 10.1 Å². The van der Waals surface area contributed by atoms with E-state index >= 15 is 4.39 Å². The number of hydrogen-bond donors (Lipinski definition) is 0. The van der Waals surface area contributed by atoms with E-state index in [1.165, 1.54) is 0 Å². The van der Waals surface area contributed by atoms with E-state index < -0.39 is 63.2 Å². The molecule has 2 aliphatic carbocycles. The molecule has 0 aromatic carbocycles. The third-order valence-corrected chi connectivity index (χ3v) is 10.5. The molecule has 0 spiro atoms. The Kier molecular flexibility index (Phi) is 6.63. The molecule has 2 aliphatic rings. The van der Waals surface area contributed by atoms with Crippen LogP contribution in [0.1, 0.15) is 0 Å². The number of rotatable bonds is 1. The average Bonchev–Trinajstić information content (AvgIpc) is 2.62. The van der Waals surface area contributed by atoms with Crippen molar-refractivity contribution in [3.05, 3.63) is 10.1 Å². The summed E-state index contributed by atoms with van der Waals surface area (Å²) in [6, 6.07) is 0. The van der Waals surface area contributed by atoms with Crippen molar-refractivity contribution in [2.75, 3.05) is 0 Å². The van der Waals surface area contributed by atoms with Crippen molar-refractivity contribution >= 4 is 104 Å². The van der Waals surface area contributed by atoms with Crippen LogP contribution in [0.2, 0.25) is 0 Å². The summed E-state index contributed by atoms with van der Waals surface area (Å²) < 4.78 is 146. The minimum Gasteiger partial charge on any atom is -0.228 e. The summed E-state index contributed by atoms with van der Waals surface area (Å²) in [7, 11) is 0. The molecule has 0 saturated heterocycles. The van der Waals surface area contributed by atoms with E-state index in [-0.39, 0.29) is 0 Å². The normalized spacial score (nSPS) is 40.1. The third kappa shape index (κ3) is 2.55. The van der Waals surface area contributed by atoms with E-state index in [0.29, 0.717) is 0 Å². The highest BCUT2D eigenvalue weighted by Gasteiger charge is 3.03. The van der Waals surface area contributed by atoms with Gasteiger partial charge < -0.3 is 0 Å². The molecule has 0 aliphatic heterocycles. The number of allylic oxidation sites excluding steroid dienone is 2. The Morgan fingerprint density at radius 3 is 1.16 bits per heavy atom. The van der Waals surface area contributed by atoms with Gasteiger partial charge in [-0.25, -0.2) is 4.39 Å². The largest absolute Gasteiger partial charge is 0.377 e. The van der Waals surface area contributed by atoms with Gasteiger partial charge in [0.25, 0.3) is 0 Å². The van der Waals surface area contributed by atoms with Crippen molar-refractivity contribution in [3.63, 3.8) is 0 Å². The second-order valence-corrected chi connectivity index (χ2v) is 11.8. The molecule has 0 heterocycles. The molecule has 1 saturated carbocycles. The van der Waals surface area contributed by atoms with Crippen LogP contribution < -0.4 is 0 Å². The molecule has 0 amide bonds. The van der Waals surface area contributed by atoms with Crippen LogP contribution in [-0.2, 0) is 0 Å². The summed E-state index contributed by atoms with van der Waals surface area (Å²) in [4.78, 5) is -6.00. The zero-order valence-electron chi connectivity index (χ0n) is 13.6. The van der Waals surface area contributed by atoms with Gasteiger partial charge in [0.2, 0.25) is 14.3 Å². The van der Waals surface area contributed by atoms with Crippen molar-refractivity contribution in [1.82, 2.24) is 0 Å². The smallest absolute Gasteiger partial charge is 0.228 e. The van der Waals surface area contributed by atoms with Crippen molar-refractivity contribution < 1.29 is 48.3 Å². The van der Waals surface area contributed by atoms with Crippen LogP contribution in [0.15, 0.2) is 10.1 Å². The minimum absolute atomic E-state index is 2.28. The molecule has 188 valence electrons. The van der Waals surface area contributed by atoms with E-state index in [9.17, 15) is 43.9 Å². The van der Waals surface area contributed by atoms with E-state index in [2.05, 4.69) is 0 Å². The predicted octanol–water partition coefficient (Wildman–Crippen LogP) is 9.09. The lowest BCUT2D eigenvalue weighted by Crippen LogP contribution is -2.89. The Morgan fingerprint density at radius 1 is 0.406 bits per heavy atom. The van der Waals surface area contributed by atoms with E-state index in [4.69, 9.17) is 104 Å². The van der Waals surface area contributed by atoms with Crippen LogP contribution >= 0.6 is 104 Å². The van der Waals surface area contributed by atoms with Crippen LogP contribution in [-0.4, -0.2) is 53.2 Å². The van der Waals surface area contributed by atoms with E-state index in [0.717, 1.165) is 0 Å². The Balaban J connectivity index is 3.22. The van der Waals surface area contributed by atoms with Gasteiger partial charge in [-0.2, -0.15) is 43.9 Å². The second kappa shape index (κ2) is 7.11. The van der Waals surface area contributed by atoms with Crippen LogP contribution in [0.3, 0.4) is 0 Å². The maximum atomic E-state index is 15.9. The Bertz CT molecular complexity index is 852. The summed E-state index contributed by atoms with van der Waals surface area (Å²) >= 11 is 45.6. The summed E-state index contributed by atoms with van der Waals surface area (Å²) in [6.07, 6.45) is 0. The fourth-order valence-electron chi connectivity index (χ4n) is 3.00. The Labute approximate surface area is 215 Å². The van der Waals surface area contributed by atoms with E-state index in [1.807, 2.05) is 0 Å². The molecule has 0 nitrogen and oxygen atoms in total. The maximum absolute atomic E-state index is 15.9. The van der Waals surface area contributed by atoms with Gasteiger partial charge in [-0.05, 0) is 0 Å². The van der Waals surface area contributed by atoms with Crippen LogP contribution in [0.4, 0.5) is 48.3 Å². The molecule has 32 heavy (non-hydrogen) atoms. The lowest BCUT2D eigenvalue weighted by Gasteiger charge is -2.63. The summed E-state index contributed by atoms with van der Waals surface area (Å²) in [5.74, 6) is -33.7. The van der Waals surface area contributed by atoms with Crippen molar-refractivity contribution in [1.29, 1.82) is 0 Å². The molecule has 0 aromatic rings. The van der Waals surface area contributed by atoms with Gasteiger partial charge in [0.1, 0.15) is 0 Å². The summed E-state index contributed by atoms with van der Waals surface area (Å²) in [6.45, 7) is 0. The quantitative estimate of drug-likeness (QED) is 0.193. The lowest BCUT2D eigenvalue weighted by molar-refractivity contribution is -0.371. The predicted molar refractivity (Wildman–Crippen MR) is 99.2 cm³/mol. The van der Waals surface area contributed by atoms with Gasteiger partial charge in [-0.1, -0.05) is 92.8 Å². The highest BCUT2D eigenvalue weighted by Crippen LogP contribution is 2.80. The van der Waals surface area contributed by atoms with Gasteiger partial charge in [-0.3, -0.25) is 0 Å². The highest BCUT2D eigenvalue weighted by molar-refractivity contribution is 6.66. The van der Waals surface area contributed by atoms with E-state index in [1.54, 1.807) is 0 Å². The topological polar surface area (TPSA) is 0 Å². The van der Waals surface area contributed by atoms with Crippen molar-refractivity contribution in [2.24, 2.45) is 0 Å². The number of alkyl halides is 18. The lowest BCUT2D eigenvalue weighted by atomic mass is 9.64. The number of hydrogen-bond acceptors (Lipinski definition) is 0. The molecule has 0 N–H and O–H groups in total. The molecule has 1 fully saturated rings. The average molecular weight is 672 g/mol. The molecule has 0 radical (unpaired) electrons. The van der Waals surface area contributed by atoms with Crippen LogP contribution in [0, 0.1) is 0 Å². The standard InChI is InChI=1S/C12Cl9F11/c13-1-2(14)4(15,16)9(25,26)8(23,24)3(1,22)5(17)6(18,19)7(20,21)11(29,30)12(31,32)10(5,27)28. The highest BCUT2D eigenvalue weighted by atomic mass is 35.5. The molecule has 2 unspecified atom stereocenters. The molecular weight excluding hydrogens is 672 g/mol. The second-order valence-electron chi connectivity index (χ2n) is 6.54. The van der Waals surface area contributed by atoms with Crippen molar-refractivity contribution in [3.8, 4) is 0 Å². The third-order valence-electron chi connectivity index (χ3n) is 4.91. The molecule has 0 aromatic heterocycles. The fraction of sp³-hybridized carbons (Fsp3) is 0.833. The molecular formula is C12Cl9F11.